The normalized spacial score (nSPS) is 10.5. The molecule has 12 heavy (non-hydrogen) atoms. The number of hydrogen-bond acceptors (Lipinski definition) is 2. The highest BCUT2D eigenvalue weighted by Gasteiger charge is 2.05. The second kappa shape index (κ2) is 3.03. The lowest BCUT2D eigenvalue weighted by Crippen LogP contribution is -1.88. The van der Waals surface area contributed by atoms with Crippen molar-refractivity contribution >= 4 is 27.3 Å². The van der Waals surface area contributed by atoms with E-state index in [1.807, 2.05) is 17.8 Å². The SMILES string of the molecule is Cn1cc(Br)nc1-c1ccsc1. The van der Waals surface area contributed by atoms with E-state index >= 15 is 0 Å². The number of aromatic nitrogens is 2. The van der Waals surface area contributed by atoms with Crippen LogP contribution in [0.5, 0.6) is 0 Å². The Hall–Kier alpha value is -0.610. The molecule has 2 aromatic rings. The van der Waals surface area contributed by atoms with Gasteiger partial charge in [0, 0.05) is 24.2 Å². The van der Waals surface area contributed by atoms with E-state index in [4.69, 9.17) is 0 Å². The molecule has 0 unspecified atom stereocenters. The van der Waals surface area contributed by atoms with E-state index in [1.165, 1.54) is 5.56 Å². The maximum Gasteiger partial charge on any atom is 0.141 e. The van der Waals surface area contributed by atoms with Gasteiger partial charge < -0.3 is 4.57 Å². The molecule has 2 aromatic heterocycles. The van der Waals surface area contributed by atoms with Crippen LogP contribution in [-0.2, 0) is 7.05 Å². The number of imidazole rings is 1. The zero-order valence-electron chi connectivity index (χ0n) is 6.49. The van der Waals surface area contributed by atoms with Crippen LogP contribution in [0.15, 0.2) is 27.6 Å². The van der Waals surface area contributed by atoms with Crippen molar-refractivity contribution in [3.8, 4) is 11.4 Å². The molecule has 0 saturated carbocycles. The van der Waals surface area contributed by atoms with E-state index < -0.39 is 0 Å². The third-order valence-corrected chi connectivity index (χ3v) is 2.69. The average Bonchev–Trinajstić information content (AvgIpc) is 2.58. The number of aryl methyl sites for hydroxylation is 1. The van der Waals surface area contributed by atoms with Gasteiger partial charge in [-0.1, -0.05) is 0 Å². The van der Waals surface area contributed by atoms with Crippen molar-refractivity contribution in [1.29, 1.82) is 0 Å². The lowest BCUT2D eigenvalue weighted by Gasteiger charge is -1.95. The van der Waals surface area contributed by atoms with Gasteiger partial charge in [0.2, 0.25) is 0 Å². The Morgan fingerprint density at radius 1 is 1.58 bits per heavy atom. The lowest BCUT2D eigenvalue weighted by molar-refractivity contribution is 0.925. The molecule has 0 aliphatic rings. The molecule has 0 radical (unpaired) electrons. The molecule has 0 bridgehead atoms. The molecule has 0 amide bonds. The Morgan fingerprint density at radius 3 is 2.92 bits per heavy atom. The van der Waals surface area contributed by atoms with Crippen molar-refractivity contribution in [3.05, 3.63) is 27.6 Å². The van der Waals surface area contributed by atoms with Crippen LogP contribution in [0.3, 0.4) is 0 Å². The topological polar surface area (TPSA) is 17.8 Å². The molecule has 4 heteroatoms. The number of nitrogens with zero attached hydrogens (tertiary/aromatic N) is 2. The van der Waals surface area contributed by atoms with Crippen LogP contribution in [0.25, 0.3) is 11.4 Å². The van der Waals surface area contributed by atoms with Gasteiger partial charge in [0.05, 0.1) is 0 Å². The molecule has 0 aliphatic heterocycles. The summed E-state index contributed by atoms with van der Waals surface area (Å²) in [7, 11) is 1.99. The van der Waals surface area contributed by atoms with Crippen molar-refractivity contribution in [2.24, 2.45) is 7.05 Å². The third kappa shape index (κ3) is 1.32. The highest BCUT2D eigenvalue weighted by molar-refractivity contribution is 9.10. The fourth-order valence-corrected chi connectivity index (χ4v) is 2.20. The minimum atomic E-state index is 0.881. The van der Waals surface area contributed by atoms with Gasteiger partial charge in [-0.25, -0.2) is 4.98 Å². The van der Waals surface area contributed by atoms with Gasteiger partial charge in [-0.3, -0.25) is 0 Å². The smallest absolute Gasteiger partial charge is 0.141 e. The van der Waals surface area contributed by atoms with Gasteiger partial charge >= 0.3 is 0 Å². The highest BCUT2D eigenvalue weighted by atomic mass is 79.9. The molecule has 0 N–H and O–H groups in total. The summed E-state index contributed by atoms with van der Waals surface area (Å²) in [6.45, 7) is 0. The first kappa shape index (κ1) is 8.01. The minimum absolute atomic E-state index is 0.881. The Labute approximate surface area is 83.0 Å². The van der Waals surface area contributed by atoms with E-state index in [2.05, 4.69) is 37.7 Å². The fourth-order valence-electron chi connectivity index (χ4n) is 1.09. The molecule has 62 valence electrons. The van der Waals surface area contributed by atoms with Crippen LogP contribution in [0.4, 0.5) is 0 Å². The maximum atomic E-state index is 4.34. The quantitative estimate of drug-likeness (QED) is 0.752. The van der Waals surface area contributed by atoms with Crippen LogP contribution in [0.1, 0.15) is 0 Å². The van der Waals surface area contributed by atoms with Crippen LogP contribution < -0.4 is 0 Å². The molecule has 2 heterocycles. The maximum absolute atomic E-state index is 4.34. The van der Waals surface area contributed by atoms with Crippen molar-refractivity contribution in [3.63, 3.8) is 0 Å². The van der Waals surface area contributed by atoms with Crippen LogP contribution in [0, 0.1) is 0 Å². The summed E-state index contributed by atoms with van der Waals surface area (Å²) >= 11 is 5.02. The average molecular weight is 243 g/mol. The molecule has 0 atom stereocenters. The molecular weight excluding hydrogens is 236 g/mol. The van der Waals surface area contributed by atoms with E-state index in [1.54, 1.807) is 11.3 Å². The molecule has 2 nitrogen and oxygen atoms in total. The summed E-state index contributed by atoms with van der Waals surface area (Å²) in [5, 5.41) is 4.15. The first-order chi connectivity index (χ1) is 5.77. The van der Waals surface area contributed by atoms with Gasteiger partial charge in [0.25, 0.3) is 0 Å². The van der Waals surface area contributed by atoms with E-state index in [0.29, 0.717) is 0 Å². The number of hydrogen-bond donors (Lipinski definition) is 0. The molecule has 0 aliphatic carbocycles. The second-order valence-corrected chi connectivity index (χ2v) is 4.10. The summed E-state index contributed by atoms with van der Waals surface area (Å²) in [5.74, 6) is 1.00. The first-order valence-electron chi connectivity index (χ1n) is 3.49. The minimum Gasteiger partial charge on any atom is -0.333 e. The van der Waals surface area contributed by atoms with Gasteiger partial charge in [0.1, 0.15) is 10.4 Å². The van der Waals surface area contributed by atoms with Crippen LogP contribution in [0.2, 0.25) is 0 Å². The molecule has 0 fully saturated rings. The van der Waals surface area contributed by atoms with E-state index in [0.717, 1.165) is 10.4 Å². The van der Waals surface area contributed by atoms with Crippen LogP contribution >= 0.6 is 27.3 Å². The standard InChI is InChI=1S/C8H7BrN2S/c1-11-4-7(9)10-8(11)6-2-3-12-5-6/h2-5H,1H3. The predicted molar refractivity (Wildman–Crippen MR) is 54.2 cm³/mol. The Balaban J connectivity index is 2.54. The van der Waals surface area contributed by atoms with Crippen molar-refractivity contribution in [2.75, 3.05) is 0 Å². The van der Waals surface area contributed by atoms with Crippen molar-refractivity contribution in [2.45, 2.75) is 0 Å². The number of rotatable bonds is 1. The lowest BCUT2D eigenvalue weighted by atomic mass is 10.3. The zero-order chi connectivity index (χ0) is 8.55. The molecule has 0 aromatic carbocycles. The largest absolute Gasteiger partial charge is 0.333 e. The Bertz CT molecular complexity index is 378. The summed E-state index contributed by atoms with van der Waals surface area (Å²) in [4.78, 5) is 4.34. The van der Waals surface area contributed by atoms with Crippen LogP contribution in [-0.4, -0.2) is 9.55 Å². The Kier molecular flexibility index (Phi) is 2.02. The van der Waals surface area contributed by atoms with E-state index in [9.17, 15) is 0 Å². The van der Waals surface area contributed by atoms with Gasteiger partial charge in [0.15, 0.2) is 0 Å². The number of thiophene rings is 1. The molecular formula is C8H7BrN2S. The highest BCUT2D eigenvalue weighted by Crippen LogP contribution is 2.22. The molecule has 0 saturated heterocycles. The second-order valence-electron chi connectivity index (χ2n) is 2.51. The predicted octanol–water partition coefficient (Wildman–Crippen LogP) is 2.91. The molecule has 2 rings (SSSR count). The third-order valence-electron chi connectivity index (χ3n) is 1.63. The monoisotopic (exact) mass is 242 g/mol. The van der Waals surface area contributed by atoms with Gasteiger partial charge in [-0.05, 0) is 27.4 Å². The van der Waals surface area contributed by atoms with Gasteiger partial charge in [-0.2, -0.15) is 11.3 Å². The first-order valence-corrected chi connectivity index (χ1v) is 5.22. The van der Waals surface area contributed by atoms with Gasteiger partial charge in [-0.15, -0.1) is 0 Å². The summed E-state index contributed by atoms with van der Waals surface area (Å²) in [6.07, 6.45) is 1.95. The number of halogens is 1. The van der Waals surface area contributed by atoms with E-state index in [-0.39, 0.29) is 0 Å². The Morgan fingerprint density at radius 2 is 2.42 bits per heavy atom. The summed E-state index contributed by atoms with van der Waals surface area (Å²) in [6, 6.07) is 2.07. The summed E-state index contributed by atoms with van der Waals surface area (Å²) in [5.41, 5.74) is 1.17. The zero-order valence-corrected chi connectivity index (χ0v) is 8.89. The van der Waals surface area contributed by atoms with Crippen molar-refractivity contribution in [1.82, 2.24) is 9.55 Å². The molecule has 0 spiro atoms. The van der Waals surface area contributed by atoms with Crippen molar-refractivity contribution < 1.29 is 0 Å². The fraction of sp³-hybridized carbons (Fsp3) is 0.125. The summed E-state index contributed by atoms with van der Waals surface area (Å²) < 4.78 is 2.89.